The second-order valence-corrected chi connectivity index (χ2v) is 9.43. The van der Waals surface area contributed by atoms with Crippen molar-refractivity contribution in [2.45, 2.75) is 25.9 Å². The van der Waals surface area contributed by atoms with Crippen LogP contribution in [-0.4, -0.2) is 48.4 Å². The van der Waals surface area contributed by atoms with Crippen LogP contribution in [0.15, 0.2) is 88.3 Å². The van der Waals surface area contributed by atoms with Gasteiger partial charge in [-0.05, 0) is 53.9 Å². The number of benzene rings is 3. The second kappa shape index (κ2) is 13.6. The molecule has 7 nitrogen and oxygen atoms in total. The van der Waals surface area contributed by atoms with E-state index in [1.54, 1.807) is 43.5 Å². The highest BCUT2D eigenvalue weighted by Crippen LogP contribution is 2.15. The molecule has 0 fully saturated rings. The van der Waals surface area contributed by atoms with Crippen molar-refractivity contribution in [1.82, 2.24) is 9.80 Å². The van der Waals surface area contributed by atoms with Crippen LogP contribution in [0.25, 0.3) is 11.0 Å². The van der Waals surface area contributed by atoms with Crippen LogP contribution in [0.1, 0.15) is 23.1 Å². The number of hydrogen-bond acceptors (Lipinski definition) is 5. The van der Waals surface area contributed by atoms with Crippen molar-refractivity contribution in [1.29, 1.82) is 0 Å². The number of carbonyl (C=O) groups excluding carboxylic acids is 2. The molecule has 0 aliphatic carbocycles. The molecule has 4 aromatic rings. The average molecular weight is 549 g/mol. The van der Waals surface area contributed by atoms with Gasteiger partial charge in [0.2, 0.25) is 11.8 Å². The third kappa shape index (κ3) is 7.60. The largest absolute Gasteiger partial charge is 0.464 e. The maximum Gasteiger partial charge on any atom is 0.242 e. The summed E-state index contributed by atoms with van der Waals surface area (Å²) in [7, 11) is 1.55. The molecular formula is C31H30F2N2O5. The van der Waals surface area contributed by atoms with Gasteiger partial charge in [0.05, 0.1) is 36.7 Å². The quantitative estimate of drug-likeness (QED) is 0.240. The van der Waals surface area contributed by atoms with Crippen LogP contribution in [0.2, 0.25) is 0 Å². The summed E-state index contributed by atoms with van der Waals surface area (Å²) in [6.07, 6.45) is 1.84. The van der Waals surface area contributed by atoms with Gasteiger partial charge in [-0.25, -0.2) is 8.78 Å². The van der Waals surface area contributed by atoms with Gasteiger partial charge in [0, 0.05) is 26.8 Å². The van der Waals surface area contributed by atoms with Gasteiger partial charge in [-0.2, -0.15) is 0 Å². The van der Waals surface area contributed by atoms with Crippen molar-refractivity contribution in [3.63, 3.8) is 0 Å². The fourth-order valence-corrected chi connectivity index (χ4v) is 4.32. The Hall–Kier alpha value is -4.37. The minimum Gasteiger partial charge on any atom is -0.464 e. The first-order valence-corrected chi connectivity index (χ1v) is 12.9. The fourth-order valence-electron chi connectivity index (χ4n) is 4.32. The van der Waals surface area contributed by atoms with E-state index in [0.29, 0.717) is 35.1 Å². The Morgan fingerprint density at radius 1 is 0.825 bits per heavy atom. The standard InChI is InChI=1S/C31H30F2N2O5/c1-39-16-4-15-34(29(36)17-22-7-11-25(32)12-8-22)20-30(37)35(18-23-9-13-26(33)14-10-23)19-24-21-40-28-6-3-2-5-27(28)31(24)38/h2-3,5-14,21H,4,15-20H2,1H3. The first-order valence-electron chi connectivity index (χ1n) is 12.9. The maximum absolute atomic E-state index is 13.7. The molecule has 40 heavy (non-hydrogen) atoms. The van der Waals surface area contributed by atoms with Crippen LogP contribution >= 0.6 is 0 Å². The molecule has 0 atom stereocenters. The molecule has 0 spiro atoms. The molecule has 3 aromatic carbocycles. The lowest BCUT2D eigenvalue weighted by Crippen LogP contribution is -2.44. The van der Waals surface area contributed by atoms with Crippen molar-refractivity contribution in [2.24, 2.45) is 0 Å². The zero-order valence-corrected chi connectivity index (χ0v) is 22.1. The lowest BCUT2D eigenvalue weighted by Gasteiger charge is -2.28. The number of methoxy groups -OCH3 is 1. The zero-order valence-electron chi connectivity index (χ0n) is 22.1. The first kappa shape index (κ1) is 28.6. The van der Waals surface area contributed by atoms with Gasteiger partial charge >= 0.3 is 0 Å². The van der Waals surface area contributed by atoms with Crippen LogP contribution in [0.3, 0.4) is 0 Å². The molecule has 9 heteroatoms. The molecule has 0 unspecified atom stereocenters. The number of nitrogens with zero attached hydrogens (tertiary/aromatic N) is 2. The minimum absolute atomic E-state index is 0.00718. The summed E-state index contributed by atoms with van der Waals surface area (Å²) < 4.78 is 37.6. The SMILES string of the molecule is COCCCN(CC(=O)N(Cc1ccc(F)cc1)Cc1coc2ccccc2c1=O)C(=O)Cc1ccc(F)cc1. The van der Waals surface area contributed by atoms with Gasteiger partial charge in [0.15, 0.2) is 5.43 Å². The van der Waals surface area contributed by atoms with Crippen LogP contribution < -0.4 is 5.43 Å². The molecule has 1 aromatic heterocycles. The molecule has 0 bridgehead atoms. The van der Waals surface area contributed by atoms with E-state index in [-0.39, 0.29) is 49.5 Å². The summed E-state index contributed by atoms with van der Waals surface area (Å²) in [4.78, 5) is 42.9. The average Bonchev–Trinajstić information content (AvgIpc) is 2.96. The Morgan fingerprint density at radius 2 is 1.48 bits per heavy atom. The lowest BCUT2D eigenvalue weighted by atomic mass is 10.1. The fraction of sp³-hybridized carbons (Fsp3) is 0.258. The summed E-state index contributed by atoms with van der Waals surface area (Å²) >= 11 is 0. The van der Waals surface area contributed by atoms with Crippen LogP contribution in [0, 0.1) is 11.6 Å². The van der Waals surface area contributed by atoms with E-state index in [4.69, 9.17) is 9.15 Å². The van der Waals surface area contributed by atoms with E-state index in [2.05, 4.69) is 0 Å². The smallest absolute Gasteiger partial charge is 0.242 e. The molecule has 4 rings (SSSR count). The number of para-hydroxylation sites is 1. The van der Waals surface area contributed by atoms with Crippen LogP contribution in [-0.2, 0) is 33.8 Å². The highest BCUT2D eigenvalue weighted by Gasteiger charge is 2.23. The van der Waals surface area contributed by atoms with Gasteiger partial charge in [-0.3, -0.25) is 14.4 Å². The zero-order chi connectivity index (χ0) is 28.5. The Kier molecular flexibility index (Phi) is 9.75. The number of hydrogen-bond donors (Lipinski definition) is 0. The molecule has 0 saturated carbocycles. The van der Waals surface area contributed by atoms with Gasteiger partial charge < -0.3 is 19.0 Å². The van der Waals surface area contributed by atoms with Crippen molar-refractivity contribution < 1.29 is 27.5 Å². The molecule has 1 heterocycles. The number of carbonyl (C=O) groups is 2. The molecule has 0 aliphatic heterocycles. The highest BCUT2D eigenvalue weighted by atomic mass is 19.1. The van der Waals surface area contributed by atoms with Gasteiger partial charge in [-0.15, -0.1) is 0 Å². The highest BCUT2D eigenvalue weighted by molar-refractivity contribution is 5.86. The lowest BCUT2D eigenvalue weighted by molar-refractivity contribution is -0.141. The molecule has 0 N–H and O–H groups in total. The number of halogens is 2. The van der Waals surface area contributed by atoms with E-state index >= 15 is 0 Å². The molecule has 2 amide bonds. The number of rotatable bonds is 12. The van der Waals surface area contributed by atoms with Crippen LogP contribution in [0.5, 0.6) is 0 Å². The summed E-state index contributed by atoms with van der Waals surface area (Å²) in [6, 6.07) is 18.2. The molecule has 0 aliphatic rings. The Bertz CT molecular complexity index is 1500. The van der Waals surface area contributed by atoms with Crippen molar-refractivity contribution in [3.8, 4) is 0 Å². The predicted molar refractivity (Wildman–Crippen MR) is 146 cm³/mol. The topological polar surface area (TPSA) is 80.1 Å². The predicted octanol–water partition coefficient (Wildman–Crippen LogP) is 4.71. The number of amides is 2. The van der Waals surface area contributed by atoms with Gasteiger partial charge in [0.25, 0.3) is 0 Å². The molecule has 0 radical (unpaired) electrons. The van der Waals surface area contributed by atoms with Crippen molar-refractivity contribution >= 4 is 22.8 Å². The second-order valence-electron chi connectivity index (χ2n) is 9.43. The van der Waals surface area contributed by atoms with E-state index in [9.17, 15) is 23.2 Å². The minimum atomic E-state index is -0.410. The summed E-state index contributed by atoms with van der Waals surface area (Å²) in [5.41, 5.74) is 1.72. The summed E-state index contributed by atoms with van der Waals surface area (Å²) in [6.45, 7) is 0.433. The van der Waals surface area contributed by atoms with E-state index in [1.165, 1.54) is 52.5 Å². The van der Waals surface area contributed by atoms with Crippen LogP contribution in [0.4, 0.5) is 8.78 Å². The third-order valence-electron chi connectivity index (χ3n) is 6.48. The van der Waals surface area contributed by atoms with E-state index in [0.717, 1.165) is 0 Å². The Balaban J connectivity index is 1.58. The van der Waals surface area contributed by atoms with Gasteiger partial charge in [0.1, 0.15) is 17.2 Å². The molecule has 0 saturated heterocycles. The van der Waals surface area contributed by atoms with E-state index < -0.39 is 17.5 Å². The Labute approximate surface area is 230 Å². The molecular weight excluding hydrogens is 518 g/mol. The normalized spacial score (nSPS) is 11.0. The Morgan fingerprint density at radius 3 is 2.15 bits per heavy atom. The third-order valence-corrected chi connectivity index (χ3v) is 6.48. The monoisotopic (exact) mass is 548 g/mol. The van der Waals surface area contributed by atoms with Crippen molar-refractivity contribution in [3.05, 3.63) is 118 Å². The maximum atomic E-state index is 13.7. The first-order chi connectivity index (χ1) is 19.3. The van der Waals surface area contributed by atoms with Crippen molar-refractivity contribution in [2.75, 3.05) is 26.8 Å². The number of fused-ring (bicyclic) bond motifs is 1. The molecule has 208 valence electrons. The number of ether oxygens (including phenoxy) is 1. The summed E-state index contributed by atoms with van der Waals surface area (Å²) in [5.74, 6) is -1.52. The summed E-state index contributed by atoms with van der Waals surface area (Å²) in [5, 5.41) is 0.393. The van der Waals surface area contributed by atoms with Gasteiger partial charge in [-0.1, -0.05) is 36.4 Å². The van der Waals surface area contributed by atoms with E-state index in [1.807, 2.05) is 0 Å².